The van der Waals surface area contributed by atoms with Crippen LogP contribution in [0.5, 0.6) is 0 Å². The number of hydrogen-bond acceptors (Lipinski definition) is 2. The van der Waals surface area contributed by atoms with E-state index in [4.69, 9.17) is 0 Å². The van der Waals surface area contributed by atoms with E-state index in [1.54, 1.807) is 6.07 Å². The first-order valence-corrected chi connectivity index (χ1v) is 7.54. The Morgan fingerprint density at radius 2 is 2.09 bits per heavy atom. The van der Waals surface area contributed by atoms with Crippen molar-refractivity contribution < 1.29 is 9.18 Å². The number of imidazole rings is 1. The standard InChI is InChI=1S/C18H18FN3O/c1-12(2)22-11-21-16-8-13(6-7-17(16)22)10-20-18(23)14-4-3-5-15(19)9-14/h3-9,11-12H,10H2,1-2H3,(H,20,23). The number of halogens is 1. The number of aromatic nitrogens is 2. The average Bonchev–Trinajstić information content (AvgIpc) is 2.96. The van der Waals surface area contributed by atoms with Gasteiger partial charge in [0.05, 0.1) is 17.4 Å². The number of carbonyl (C=O) groups excluding carboxylic acids is 1. The molecule has 1 aromatic heterocycles. The second-order valence-electron chi connectivity index (χ2n) is 5.76. The van der Waals surface area contributed by atoms with Crippen LogP contribution < -0.4 is 5.32 Å². The third-order valence-corrected chi connectivity index (χ3v) is 3.74. The largest absolute Gasteiger partial charge is 0.348 e. The molecule has 0 aliphatic carbocycles. The molecular weight excluding hydrogens is 293 g/mol. The molecule has 1 N–H and O–H groups in total. The molecule has 118 valence electrons. The Morgan fingerprint density at radius 3 is 2.83 bits per heavy atom. The zero-order chi connectivity index (χ0) is 16.4. The minimum Gasteiger partial charge on any atom is -0.348 e. The van der Waals surface area contributed by atoms with Crippen molar-refractivity contribution in [2.24, 2.45) is 0 Å². The minimum absolute atomic E-state index is 0.294. The second-order valence-corrected chi connectivity index (χ2v) is 5.76. The summed E-state index contributed by atoms with van der Waals surface area (Å²) in [5.74, 6) is -0.712. The Kier molecular flexibility index (Phi) is 4.10. The van der Waals surface area contributed by atoms with E-state index in [1.165, 1.54) is 18.2 Å². The van der Waals surface area contributed by atoms with Gasteiger partial charge in [-0.25, -0.2) is 9.37 Å². The highest BCUT2D eigenvalue weighted by Crippen LogP contribution is 2.18. The van der Waals surface area contributed by atoms with Crippen molar-refractivity contribution in [3.8, 4) is 0 Å². The molecule has 0 saturated carbocycles. The molecule has 4 nitrogen and oxygen atoms in total. The molecule has 5 heteroatoms. The fourth-order valence-corrected chi connectivity index (χ4v) is 2.51. The quantitative estimate of drug-likeness (QED) is 0.799. The Bertz CT molecular complexity index is 854. The summed E-state index contributed by atoms with van der Waals surface area (Å²) in [4.78, 5) is 16.4. The van der Waals surface area contributed by atoms with Gasteiger partial charge in [-0.1, -0.05) is 12.1 Å². The van der Waals surface area contributed by atoms with E-state index >= 15 is 0 Å². The van der Waals surface area contributed by atoms with Crippen molar-refractivity contribution in [2.75, 3.05) is 0 Å². The summed E-state index contributed by atoms with van der Waals surface area (Å²) < 4.78 is 15.2. The second kappa shape index (κ2) is 6.20. The predicted molar refractivity (Wildman–Crippen MR) is 87.7 cm³/mol. The number of rotatable bonds is 4. The lowest BCUT2D eigenvalue weighted by atomic mass is 10.1. The van der Waals surface area contributed by atoms with Gasteiger partial charge in [0.15, 0.2) is 0 Å². The molecule has 0 radical (unpaired) electrons. The van der Waals surface area contributed by atoms with E-state index < -0.39 is 5.82 Å². The zero-order valence-electron chi connectivity index (χ0n) is 13.1. The highest BCUT2D eigenvalue weighted by Gasteiger charge is 2.08. The summed E-state index contributed by atoms with van der Waals surface area (Å²) >= 11 is 0. The maximum Gasteiger partial charge on any atom is 0.251 e. The van der Waals surface area contributed by atoms with Gasteiger partial charge >= 0.3 is 0 Å². The molecule has 1 amide bonds. The average molecular weight is 311 g/mol. The number of carbonyl (C=O) groups is 1. The Hall–Kier alpha value is -2.69. The third-order valence-electron chi connectivity index (χ3n) is 3.74. The van der Waals surface area contributed by atoms with Gasteiger partial charge in [-0.15, -0.1) is 0 Å². The van der Waals surface area contributed by atoms with Crippen LogP contribution in [0.25, 0.3) is 11.0 Å². The molecule has 0 fully saturated rings. The SMILES string of the molecule is CC(C)n1cnc2cc(CNC(=O)c3cccc(F)c3)ccc21. The van der Waals surface area contributed by atoms with E-state index in [2.05, 4.69) is 28.7 Å². The van der Waals surface area contributed by atoms with Crippen LogP contribution in [0.4, 0.5) is 4.39 Å². The molecule has 0 unspecified atom stereocenters. The van der Waals surface area contributed by atoms with Gasteiger partial charge in [-0.3, -0.25) is 4.79 Å². The molecule has 0 spiro atoms. The molecule has 0 aliphatic rings. The topological polar surface area (TPSA) is 46.9 Å². The molecule has 2 aromatic carbocycles. The van der Waals surface area contributed by atoms with Crippen LogP contribution in [-0.4, -0.2) is 15.5 Å². The fourth-order valence-electron chi connectivity index (χ4n) is 2.51. The van der Waals surface area contributed by atoms with Gasteiger partial charge in [-0.05, 0) is 49.7 Å². The van der Waals surface area contributed by atoms with Crippen LogP contribution in [0.3, 0.4) is 0 Å². The van der Waals surface area contributed by atoms with Gasteiger partial charge in [0.25, 0.3) is 5.91 Å². The molecule has 0 saturated heterocycles. The lowest BCUT2D eigenvalue weighted by Crippen LogP contribution is -2.22. The first-order valence-electron chi connectivity index (χ1n) is 7.54. The van der Waals surface area contributed by atoms with E-state index in [0.717, 1.165) is 16.6 Å². The van der Waals surface area contributed by atoms with Crippen LogP contribution in [0.15, 0.2) is 48.8 Å². The van der Waals surface area contributed by atoms with Crippen LogP contribution >= 0.6 is 0 Å². The summed E-state index contributed by atoms with van der Waals surface area (Å²) in [5, 5.41) is 2.80. The van der Waals surface area contributed by atoms with Crippen LogP contribution in [0.2, 0.25) is 0 Å². The van der Waals surface area contributed by atoms with Gasteiger partial charge in [-0.2, -0.15) is 0 Å². The highest BCUT2D eigenvalue weighted by atomic mass is 19.1. The minimum atomic E-state index is -0.418. The van der Waals surface area contributed by atoms with Crippen molar-refractivity contribution in [1.29, 1.82) is 0 Å². The number of nitrogens with one attached hydrogen (secondary N) is 1. The summed E-state index contributed by atoms with van der Waals surface area (Å²) in [7, 11) is 0. The monoisotopic (exact) mass is 311 g/mol. The normalized spacial score (nSPS) is 11.1. The van der Waals surface area contributed by atoms with E-state index in [0.29, 0.717) is 18.2 Å². The van der Waals surface area contributed by atoms with E-state index in [-0.39, 0.29) is 5.91 Å². The van der Waals surface area contributed by atoms with Gasteiger partial charge < -0.3 is 9.88 Å². The summed E-state index contributed by atoms with van der Waals surface area (Å²) in [6, 6.07) is 11.9. The van der Waals surface area contributed by atoms with Gasteiger partial charge in [0.1, 0.15) is 5.82 Å². The van der Waals surface area contributed by atoms with Crippen molar-refractivity contribution in [1.82, 2.24) is 14.9 Å². The van der Waals surface area contributed by atoms with Crippen LogP contribution in [-0.2, 0) is 6.54 Å². The lowest BCUT2D eigenvalue weighted by molar-refractivity contribution is 0.0950. The molecular formula is C18H18FN3O. The van der Waals surface area contributed by atoms with Crippen molar-refractivity contribution in [3.63, 3.8) is 0 Å². The smallest absolute Gasteiger partial charge is 0.251 e. The number of hydrogen-bond donors (Lipinski definition) is 1. The fraction of sp³-hybridized carbons (Fsp3) is 0.222. The third kappa shape index (κ3) is 3.23. The number of amides is 1. The van der Waals surface area contributed by atoms with Crippen LogP contribution in [0.1, 0.15) is 35.8 Å². The van der Waals surface area contributed by atoms with Gasteiger partial charge in [0, 0.05) is 18.2 Å². The molecule has 3 aromatic rings. The van der Waals surface area contributed by atoms with Crippen molar-refractivity contribution >= 4 is 16.9 Å². The van der Waals surface area contributed by atoms with Crippen LogP contribution in [0, 0.1) is 5.82 Å². The van der Waals surface area contributed by atoms with Crippen molar-refractivity contribution in [2.45, 2.75) is 26.4 Å². The van der Waals surface area contributed by atoms with Crippen molar-refractivity contribution in [3.05, 3.63) is 65.7 Å². The Labute approximate surface area is 134 Å². The Balaban J connectivity index is 1.73. The summed E-state index contributed by atoms with van der Waals surface area (Å²) in [6.45, 7) is 4.59. The lowest BCUT2D eigenvalue weighted by Gasteiger charge is -2.09. The first-order chi connectivity index (χ1) is 11.0. The predicted octanol–water partition coefficient (Wildman–Crippen LogP) is 3.69. The maximum atomic E-state index is 13.1. The van der Waals surface area contributed by atoms with Gasteiger partial charge in [0.2, 0.25) is 0 Å². The highest BCUT2D eigenvalue weighted by molar-refractivity contribution is 5.94. The summed E-state index contributed by atoms with van der Waals surface area (Å²) in [5.41, 5.74) is 3.24. The molecule has 0 bridgehead atoms. The first kappa shape index (κ1) is 15.2. The molecule has 23 heavy (non-hydrogen) atoms. The maximum absolute atomic E-state index is 13.1. The number of fused-ring (bicyclic) bond motifs is 1. The molecule has 0 atom stereocenters. The van der Waals surface area contributed by atoms with E-state index in [9.17, 15) is 9.18 Å². The molecule has 3 rings (SSSR count). The number of nitrogens with zero attached hydrogens (tertiary/aromatic N) is 2. The molecule has 0 aliphatic heterocycles. The van der Waals surface area contributed by atoms with E-state index in [1.807, 2.05) is 24.5 Å². The molecule has 1 heterocycles. The number of benzene rings is 2. The Morgan fingerprint density at radius 1 is 1.26 bits per heavy atom. The zero-order valence-corrected chi connectivity index (χ0v) is 13.1. The summed E-state index contributed by atoms with van der Waals surface area (Å²) in [6.07, 6.45) is 1.82.